The zero-order valence-corrected chi connectivity index (χ0v) is 18.4. The summed E-state index contributed by atoms with van der Waals surface area (Å²) in [6, 6.07) is 1.49. The monoisotopic (exact) mass is 401 g/mol. The van der Waals surface area contributed by atoms with E-state index in [9.17, 15) is 4.79 Å². The first-order valence-corrected chi connectivity index (χ1v) is 10.9. The lowest BCUT2D eigenvalue weighted by molar-refractivity contribution is 0.113. The number of carbonyl (C=O) groups excluding carboxylic acids is 1. The molecule has 0 aliphatic heterocycles. The summed E-state index contributed by atoms with van der Waals surface area (Å²) in [7, 11) is 0. The lowest BCUT2D eigenvalue weighted by atomic mass is 10.1. The van der Waals surface area contributed by atoms with Crippen molar-refractivity contribution in [2.45, 2.75) is 97.4 Å². The summed E-state index contributed by atoms with van der Waals surface area (Å²) in [4.78, 5) is 23.5. The molecule has 0 aromatic carbocycles. The Kier molecular flexibility index (Phi) is 7.05. The van der Waals surface area contributed by atoms with Crippen molar-refractivity contribution in [3.05, 3.63) is 12.5 Å². The number of hydrogen-bond acceptors (Lipinski definition) is 5. The quantitative estimate of drug-likeness (QED) is 0.703. The standard InChI is InChI=1S/C21H35N7O/c1-14(2)28(15(3)4)16(5)10-11-27-20-18(12-24-27)19(22-13-23-20)26-21(29)25-17-8-6-7-9-17/h12-17H,6-11H2,1-5H3,(H2,22,23,25,26,29). The van der Waals surface area contributed by atoms with E-state index in [0.29, 0.717) is 23.9 Å². The number of nitrogens with zero attached hydrogens (tertiary/aromatic N) is 5. The van der Waals surface area contributed by atoms with E-state index in [1.165, 1.54) is 19.2 Å². The first kappa shape index (κ1) is 21.5. The molecule has 1 saturated carbocycles. The third kappa shape index (κ3) is 5.23. The highest BCUT2D eigenvalue weighted by Crippen LogP contribution is 2.21. The molecule has 8 heteroatoms. The molecule has 0 spiro atoms. The van der Waals surface area contributed by atoms with Crippen LogP contribution in [0.4, 0.5) is 10.6 Å². The van der Waals surface area contributed by atoms with Crippen LogP contribution >= 0.6 is 0 Å². The van der Waals surface area contributed by atoms with Gasteiger partial charge >= 0.3 is 6.03 Å². The highest BCUT2D eigenvalue weighted by Gasteiger charge is 2.21. The number of fused-ring (bicyclic) bond motifs is 1. The van der Waals surface area contributed by atoms with Gasteiger partial charge in [-0.2, -0.15) is 5.10 Å². The average Bonchev–Trinajstić information content (AvgIpc) is 3.29. The van der Waals surface area contributed by atoms with Crippen molar-refractivity contribution in [3.63, 3.8) is 0 Å². The van der Waals surface area contributed by atoms with Gasteiger partial charge in [-0.3, -0.25) is 10.2 Å². The van der Waals surface area contributed by atoms with Crippen molar-refractivity contribution in [1.29, 1.82) is 0 Å². The molecule has 2 aromatic rings. The summed E-state index contributed by atoms with van der Waals surface area (Å²) in [6.45, 7) is 12.0. The van der Waals surface area contributed by atoms with Crippen LogP contribution in [0, 0.1) is 0 Å². The van der Waals surface area contributed by atoms with Gasteiger partial charge < -0.3 is 5.32 Å². The normalized spacial score (nSPS) is 16.3. The Hall–Kier alpha value is -2.22. The smallest absolute Gasteiger partial charge is 0.320 e. The van der Waals surface area contributed by atoms with Gasteiger partial charge in [0, 0.05) is 30.7 Å². The minimum Gasteiger partial charge on any atom is -0.335 e. The Balaban J connectivity index is 1.66. The largest absolute Gasteiger partial charge is 0.335 e. The van der Waals surface area contributed by atoms with E-state index < -0.39 is 0 Å². The fourth-order valence-corrected chi connectivity index (χ4v) is 4.63. The Morgan fingerprint density at radius 1 is 1.17 bits per heavy atom. The number of nitrogens with one attached hydrogen (secondary N) is 2. The molecule has 2 aromatic heterocycles. The number of carbonyl (C=O) groups is 1. The number of rotatable bonds is 8. The van der Waals surface area contributed by atoms with Gasteiger partial charge in [0.1, 0.15) is 12.1 Å². The Labute approximate surface area is 173 Å². The summed E-state index contributed by atoms with van der Waals surface area (Å²) < 4.78 is 1.91. The second-order valence-corrected chi connectivity index (χ2v) is 8.68. The van der Waals surface area contributed by atoms with E-state index in [2.05, 4.69) is 65.2 Å². The maximum absolute atomic E-state index is 12.3. The molecule has 1 fully saturated rings. The van der Waals surface area contributed by atoms with Gasteiger partial charge in [0.25, 0.3) is 0 Å². The minimum absolute atomic E-state index is 0.206. The van der Waals surface area contributed by atoms with Crippen LogP contribution in [0.15, 0.2) is 12.5 Å². The number of hydrogen-bond donors (Lipinski definition) is 2. The lowest BCUT2D eigenvalue weighted by Crippen LogP contribution is -2.44. The summed E-state index contributed by atoms with van der Waals surface area (Å²) in [5.74, 6) is 0.510. The van der Waals surface area contributed by atoms with Crippen molar-refractivity contribution in [2.24, 2.45) is 0 Å². The summed E-state index contributed by atoms with van der Waals surface area (Å²) in [6.07, 6.45) is 8.66. The maximum Gasteiger partial charge on any atom is 0.320 e. The van der Waals surface area contributed by atoms with E-state index in [0.717, 1.165) is 36.8 Å². The first-order chi connectivity index (χ1) is 13.9. The van der Waals surface area contributed by atoms with Gasteiger partial charge in [-0.15, -0.1) is 0 Å². The summed E-state index contributed by atoms with van der Waals surface area (Å²) in [5.41, 5.74) is 0.754. The number of anilines is 1. The predicted molar refractivity (Wildman–Crippen MR) is 116 cm³/mol. The van der Waals surface area contributed by atoms with Gasteiger partial charge in [0.15, 0.2) is 5.65 Å². The van der Waals surface area contributed by atoms with Gasteiger partial charge in [0.05, 0.1) is 11.6 Å². The molecular weight excluding hydrogens is 366 g/mol. The van der Waals surface area contributed by atoms with Crippen molar-refractivity contribution < 1.29 is 4.79 Å². The number of urea groups is 1. The molecule has 3 rings (SSSR count). The van der Waals surface area contributed by atoms with E-state index in [-0.39, 0.29) is 12.1 Å². The Morgan fingerprint density at radius 3 is 2.52 bits per heavy atom. The van der Waals surface area contributed by atoms with Crippen molar-refractivity contribution in [2.75, 3.05) is 5.32 Å². The zero-order valence-electron chi connectivity index (χ0n) is 18.4. The molecule has 8 nitrogen and oxygen atoms in total. The molecule has 1 aliphatic carbocycles. The number of aromatic nitrogens is 4. The highest BCUT2D eigenvalue weighted by molar-refractivity contribution is 5.97. The zero-order chi connectivity index (χ0) is 21.0. The molecule has 2 heterocycles. The molecule has 1 unspecified atom stereocenters. The molecular formula is C21H35N7O. The van der Waals surface area contributed by atoms with Crippen LogP contribution in [-0.4, -0.2) is 54.8 Å². The van der Waals surface area contributed by atoms with Crippen LogP contribution in [0.5, 0.6) is 0 Å². The summed E-state index contributed by atoms with van der Waals surface area (Å²) >= 11 is 0. The fraction of sp³-hybridized carbons (Fsp3) is 0.714. The van der Waals surface area contributed by atoms with Gasteiger partial charge in [-0.05, 0) is 53.9 Å². The first-order valence-electron chi connectivity index (χ1n) is 10.9. The van der Waals surface area contributed by atoms with Crippen molar-refractivity contribution >= 4 is 22.9 Å². The number of amides is 2. The molecule has 2 N–H and O–H groups in total. The second kappa shape index (κ2) is 9.52. The van der Waals surface area contributed by atoms with Crippen molar-refractivity contribution in [3.8, 4) is 0 Å². The van der Waals surface area contributed by atoms with Crippen LogP contribution in [0.3, 0.4) is 0 Å². The Bertz CT molecular complexity index is 802. The third-order valence-corrected chi connectivity index (χ3v) is 5.82. The second-order valence-electron chi connectivity index (χ2n) is 8.68. The molecule has 29 heavy (non-hydrogen) atoms. The molecule has 0 radical (unpaired) electrons. The molecule has 1 atom stereocenters. The fourth-order valence-electron chi connectivity index (χ4n) is 4.63. The van der Waals surface area contributed by atoms with E-state index in [1.807, 2.05) is 4.68 Å². The summed E-state index contributed by atoms with van der Waals surface area (Å²) in [5, 5.41) is 11.2. The molecule has 2 amide bonds. The highest BCUT2D eigenvalue weighted by atomic mass is 16.2. The van der Waals surface area contributed by atoms with E-state index in [4.69, 9.17) is 0 Å². The molecule has 0 saturated heterocycles. The Morgan fingerprint density at radius 2 is 1.86 bits per heavy atom. The van der Waals surface area contributed by atoms with Crippen molar-refractivity contribution in [1.82, 2.24) is 30.0 Å². The lowest BCUT2D eigenvalue weighted by Gasteiger charge is -2.36. The average molecular weight is 402 g/mol. The SMILES string of the molecule is CC(C)N(C(C)C)C(C)CCn1ncc2c(NC(=O)NC3CCCC3)ncnc21. The van der Waals surface area contributed by atoms with E-state index >= 15 is 0 Å². The van der Waals surface area contributed by atoms with Crippen LogP contribution < -0.4 is 10.6 Å². The third-order valence-electron chi connectivity index (χ3n) is 5.82. The van der Waals surface area contributed by atoms with Crippen LogP contribution in [0.1, 0.15) is 66.7 Å². The van der Waals surface area contributed by atoms with Gasteiger partial charge in [-0.1, -0.05) is 12.8 Å². The van der Waals surface area contributed by atoms with Gasteiger partial charge in [0.2, 0.25) is 0 Å². The maximum atomic E-state index is 12.3. The van der Waals surface area contributed by atoms with Crippen LogP contribution in [0.2, 0.25) is 0 Å². The molecule has 0 bridgehead atoms. The molecule has 1 aliphatic rings. The predicted octanol–water partition coefficient (Wildman–Crippen LogP) is 3.79. The minimum atomic E-state index is -0.206. The van der Waals surface area contributed by atoms with Gasteiger partial charge in [-0.25, -0.2) is 19.4 Å². The topological polar surface area (TPSA) is 88.0 Å². The number of aryl methyl sites for hydroxylation is 1. The van der Waals surface area contributed by atoms with E-state index in [1.54, 1.807) is 6.20 Å². The molecule has 160 valence electrons. The van der Waals surface area contributed by atoms with Crippen LogP contribution in [0.25, 0.3) is 11.0 Å². The van der Waals surface area contributed by atoms with Crippen LogP contribution in [-0.2, 0) is 6.54 Å².